The van der Waals surface area contributed by atoms with E-state index >= 15 is 0 Å². The lowest BCUT2D eigenvalue weighted by Gasteiger charge is -2.06. The van der Waals surface area contributed by atoms with Gasteiger partial charge in [-0.1, -0.05) is 46.4 Å². The van der Waals surface area contributed by atoms with Crippen molar-refractivity contribution in [2.24, 2.45) is 0 Å². The molecule has 2 rings (SSSR count). The Morgan fingerprint density at radius 2 is 1.50 bits per heavy atom. The van der Waals surface area contributed by atoms with E-state index in [-0.39, 0.29) is 27.6 Å². The van der Waals surface area contributed by atoms with Crippen molar-refractivity contribution in [3.05, 3.63) is 31.2 Å². The van der Waals surface area contributed by atoms with Crippen LogP contribution in [0.15, 0.2) is 0 Å². The number of rotatable bonds is 0. The van der Waals surface area contributed by atoms with Gasteiger partial charge < -0.3 is 4.74 Å². The number of hydrogen-bond acceptors (Lipinski definition) is 2. The zero-order chi connectivity index (χ0) is 10.5. The summed E-state index contributed by atoms with van der Waals surface area (Å²) in [6, 6.07) is 0. The van der Waals surface area contributed by atoms with Gasteiger partial charge in [0.2, 0.25) is 5.90 Å². The molecule has 1 aromatic rings. The SMILES string of the molecule is N=C1OCc2c(Cl)c(Cl)c(Cl)c(Cl)c21. The van der Waals surface area contributed by atoms with E-state index in [1.54, 1.807) is 0 Å². The molecule has 0 bridgehead atoms. The normalized spacial score (nSPS) is 14.1. The molecule has 0 aromatic heterocycles. The third-order valence-electron chi connectivity index (χ3n) is 1.95. The van der Waals surface area contributed by atoms with E-state index in [0.29, 0.717) is 16.1 Å². The molecule has 0 unspecified atom stereocenters. The maximum atomic E-state index is 7.47. The summed E-state index contributed by atoms with van der Waals surface area (Å²) in [4.78, 5) is 0. The van der Waals surface area contributed by atoms with Crippen LogP contribution < -0.4 is 0 Å². The summed E-state index contributed by atoms with van der Waals surface area (Å²) in [5, 5.41) is 8.36. The van der Waals surface area contributed by atoms with Gasteiger partial charge in [-0.05, 0) is 0 Å². The number of fused-ring (bicyclic) bond motifs is 1. The van der Waals surface area contributed by atoms with Gasteiger partial charge in [0.25, 0.3) is 0 Å². The zero-order valence-corrected chi connectivity index (χ0v) is 9.65. The highest BCUT2D eigenvalue weighted by atomic mass is 35.5. The van der Waals surface area contributed by atoms with Crippen LogP contribution in [-0.2, 0) is 11.3 Å². The predicted molar refractivity (Wildman–Crippen MR) is 58.1 cm³/mol. The fourth-order valence-corrected chi connectivity index (χ4v) is 2.30. The smallest absolute Gasteiger partial charge is 0.215 e. The second kappa shape index (κ2) is 3.46. The molecule has 6 heteroatoms. The largest absolute Gasteiger partial charge is 0.473 e. The second-order valence-electron chi connectivity index (χ2n) is 2.73. The van der Waals surface area contributed by atoms with Gasteiger partial charge >= 0.3 is 0 Å². The zero-order valence-electron chi connectivity index (χ0n) is 6.63. The summed E-state index contributed by atoms with van der Waals surface area (Å²) in [6.45, 7) is 0.212. The van der Waals surface area contributed by atoms with Crippen molar-refractivity contribution < 1.29 is 4.74 Å². The average Bonchev–Trinajstić information content (AvgIpc) is 2.54. The Balaban J connectivity index is 2.84. The molecular formula is C8H3Cl4NO. The average molecular weight is 271 g/mol. The monoisotopic (exact) mass is 269 g/mol. The molecule has 0 atom stereocenters. The number of halogens is 4. The van der Waals surface area contributed by atoms with Crippen LogP contribution in [0.25, 0.3) is 0 Å². The topological polar surface area (TPSA) is 33.1 Å². The van der Waals surface area contributed by atoms with E-state index in [4.69, 9.17) is 56.5 Å². The fourth-order valence-electron chi connectivity index (χ4n) is 1.27. The summed E-state index contributed by atoms with van der Waals surface area (Å²) in [5.41, 5.74) is 1.06. The summed E-state index contributed by atoms with van der Waals surface area (Å²) in [6.07, 6.45) is 0. The highest BCUT2D eigenvalue weighted by Crippen LogP contribution is 2.43. The Morgan fingerprint density at radius 3 is 2.14 bits per heavy atom. The predicted octanol–water partition coefficient (Wildman–Crippen LogP) is 4.16. The molecule has 1 heterocycles. The molecule has 0 radical (unpaired) electrons. The molecule has 14 heavy (non-hydrogen) atoms. The Morgan fingerprint density at radius 1 is 0.929 bits per heavy atom. The molecule has 0 aliphatic carbocycles. The Kier molecular flexibility index (Phi) is 2.56. The first-order chi connectivity index (χ1) is 6.54. The van der Waals surface area contributed by atoms with Crippen LogP contribution in [0.5, 0.6) is 0 Å². The van der Waals surface area contributed by atoms with Gasteiger partial charge in [0, 0.05) is 5.56 Å². The lowest BCUT2D eigenvalue weighted by Crippen LogP contribution is -1.96. The Hall–Kier alpha value is -0.150. The highest BCUT2D eigenvalue weighted by Gasteiger charge is 2.28. The lowest BCUT2D eigenvalue weighted by atomic mass is 10.1. The maximum absolute atomic E-state index is 7.47. The summed E-state index contributed by atoms with van der Waals surface area (Å²) in [7, 11) is 0. The number of ether oxygens (including phenoxy) is 1. The molecule has 1 aliphatic rings. The van der Waals surface area contributed by atoms with Crippen molar-refractivity contribution in [3.8, 4) is 0 Å². The minimum atomic E-state index is -0.0227. The van der Waals surface area contributed by atoms with Gasteiger partial charge in [-0.2, -0.15) is 0 Å². The maximum Gasteiger partial charge on any atom is 0.215 e. The number of benzene rings is 1. The third-order valence-corrected chi connectivity index (χ3v) is 3.79. The first-order valence-electron chi connectivity index (χ1n) is 3.60. The van der Waals surface area contributed by atoms with Crippen molar-refractivity contribution in [1.29, 1.82) is 5.41 Å². The van der Waals surface area contributed by atoms with Crippen molar-refractivity contribution in [2.75, 3.05) is 0 Å². The van der Waals surface area contributed by atoms with E-state index in [1.165, 1.54) is 0 Å². The number of nitrogens with one attached hydrogen (secondary N) is 1. The van der Waals surface area contributed by atoms with Gasteiger partial charge in [0.1, 0.15) is 6.61 Å². The molecule has 0 spiro atoms. The molecule has 0 saturated carbocycles. The quantitative estimate of drug-likeness (QED) is 0.557. The third kappa shape index (κ3) is 1.29. The molecule has 1 N–H and O–H groups in total. The summed E-state index contributed by atoms with van der Waals surface area (Å²) < 4.78 is 4.99. The van der Waals surface area contributed by atoms with Crippen molar-refractivity contribution >= 4 is 52.3 Å². The first-order valence-corrected chi connectivity index (χ1v) is 5.11. The van der Waals surface area contributed by atoms with Crippen LogP contribution in [0.2, 0.25) is 20.1 Å². The van der Waals surface area contributed by atoms with E-state index < -0.39 is 0 Å². The lowest BCUT2D eigenvalue weighted by molar-refractivity contribution is 0.310. The molecule has 0 amide bonds. The van der Waals surface area contributed by atoms with Crippen molar-refractivity contribution in [3.63, 3.8) is 0 Å². The van der Waals surface area contributed by atoms with Gasteiger partial charge in [-0.15, -0.1) is 0 Å². The molecule has 2 nitrogen and oxygen atoms in total. The van der Waals surface area contributed by atoms with Crippen molar-refractivity contribution in [1.82, 2.24) is 0 Å². The molecule has 74 valence electrons. The fraction of sp³-hybridized carbons (Fsp3) is 0.125. The van der Waals surface area contributed by atoms with E-state index in [1.807, 2.05) is 0 Å². The van der Waals surface area contributed by atoms with Crippen LogP contribution >= 0.6 is 46.4 Å². The highest BCUT2D eigenvalue weighted by molar-refractivity contribution is 6.53. The second-order valence-corrected chi connectivity index (χ2v) is 4.24. The van der Waals surface area contributed by atoms with Crippen molar-refractivity contribution in [2.45, 2.75) is 6.61 Å². The van der Waals surface area contributed by atoms with Gasteiger partial charge in [0.15, 0.2) is 0 Å². The van der Waals surface area contributed by atoms with E-state index in [2.05, 4.69) is 0 Å². The number of hydrogen-bond donors (Lipinski definition) is 1. The van der Waals surface area contributed by atoms with Gasteiger partial charge in [-0.3, -0.25) is 5.41 Å². The first kappa shape index (κ1) is 10.4. The minimum absolute atomic E-state index is 0.0227. The van der Waals surface area contributed by atoms with Crippen LogP contribution in [0.1, 0.15) is 11.1 Å². The van der Waals surface area contributed by atoms with E-state index in [0.717, 1.165) is 0 Å². The standard InChI is InChI=1S/C8H3Cl4NO/c9-4-2-1-14-8(13)3(2)5(10)7(12)6(4)11/h13H,1H2. The minimum Gasteiger partial charge on any atom is -0.473 e. The van der Waals surface area contributed by atoms with Gasteiger partial charge in [0.05, 0.1) is 25.7 Å². The van der Waals surface area contributed by atoms with Crippen LogP contribution in [0, 0.1) is 5.41 Å². The van der Waals surface area contributed by atoms with Crippen LogP contribution in [0.3, 0.4) is 0 Å². The van der Waals surface area contributed by atoms with E-state index in [9.17, 15) is 0 Å². The van der Waals surface area contributed by atoms with Gasteiger partial charge in [-0.25, -0.2) is 0 Å². The van der Waals surface area contributed by atoms with Crippen LogP contribution in [-0.4, -0.2) is 5.90 Å². The Bertz CT molecular complexity index is 444. The molecule has 0 saturated heterocycles. The molecular weight excluding hydrogens is 268 g/mol. The Labute approximate surface area is 100 Å². The molecule has 1 aliphatic heterocycles. The summed E-state index contributed by atoms with van der Waals surface area (Å²) in [5.74, 6) is -0.0227. The molecule has 1 aromatic carbocycles. The molecule has 0 fully saturated rings. The van der Waals surface area contributed by atoms with Crippen LogP contribution in [0.4, 0.5) is 0 Å². The summed E-state index contributed by atoms with van der Waals surface area (Å²) >= 11 is 23.5.